The van der Waals surface area contributed by atoms with Crippen LogP contribution >= 0.6 is 11.8 Å². The Morgan fingerprint density at radius 1 is 1.41 bits per heavy atom. The number of aromatic nitrogens is 2. The molecule has 0 spiro atoms. The molecule has 0 amide bonds. The molecule has 0 saturated carbocycles. The molecule has 2 N–H and O–H groups in total. The van der Waals surface area contributed by atoms with Crippen LogP contribution in [-0.2, 0) is 6.18 Å². The Labute approximate surface area is 101 Å². The third kappa shape index (κ3) is 3.95. The number of halogens is 3. The van der Waals surface area contributed by atoms with Crippen LogP contribution in [0.5, 0.6) is 0 Å². The van der Waals surface area contributed by atoms with E-state index in [1.165, 1.54) is 6.07 Å². The number of alkyl halides is 3. The van der Waals surface area contributed by atoms with E-state index in [1.807, 2.05) is 6.26 Å². The van der Waals surface area contributed by atoms with Crippen molar-refractivity contribution in [2.24, 2.45) is 0 Å². The number of nitrogen functional groups attached to an aromatic ring is 1. The molecular weight excluding hydrogens is 253 g/mol. The molecule has 0 bridgehead atoms. The quantitative estimate of drug-likeness (QED) is 0.901. The normalized spacial score (nSPS) is 11.6. The average Bonchev–Trinajstić information content (AvgIpc) is 2.23. The molecule has 96 valence electrons. The topological polar surface area (TPSA) is 55.0 Å². The lowest BCUT2D eigenvalue weighted by molar-refractivity contribution is -0.144. The van der Waals surface area contributed by atoms with Crippen molar-refractivity contribution in [1.82, 2.24) is 9.97 Å². The molecule has 0 unspecified atom stereocenters. The van der Waals surface area contributed by atoms with Gasteiger partial charge in [-0.2, -0.15) is 24.9 Å². The van der Waals surface area contributed by atoms with E-state index in [0.717, 1.165) is 5.75 Å². The van der Waals surface area contributed by atoms with E-state index < -0.39 is 12.0 Å². The summed E-state index contributed by atoms with van der Waals surface area (Å²) in [6.45, 7) is 0.592. The Morgan fingerprint density at radius 2 is 2.06 bits per heavy atom. The Bertz CT molecular complexity index is 383. The summed E-state index contributed by atoms with van der Waals surface area (Å²) in [4.78, 5) is 8.25. The van der Waals surface area contributed by atoms with E-state index >= 15 is 0 Å². The van der Waals surface area contributed by atoms with Crippen LogP contribution in [0.1, 0.15) is 5.82 Å². The minimum Gasteiger partial charge on any atom is -0.384 e. The first-order valence-electron chi connectivity index (χ1n) is 4.76. The van der Waals surface area contributed by atoms with Gasteiger partial charge in [-0.25, -0.2) is 9.97 Å². The largest absolute Gasteiger partial charge is 0.451 e. The van der Waals surface area contributed by atoms with Crippen LogP contribution in [0, 0.1) is 0 Å². The summed E-state index contributed by atoms with van der Waals surface area (Å²) in [5.41, 5.74) is 5.34. The minimum absolute atomic E-state index is 0.180. The van der Waals surface area contributed by atoms with Gasteiger partial charge in [-0.3, -0.25) is 0 Å². The second kappa shape index (κ2) is 5.44. The molecule has 0 aliphatic carbocycles. The summed E-state index contributed by atoms with van der Waals surface area (Å²) in [5, 5.41) is 0. The van der Waals surface area contributed by atoms with Gasteiger partial charge in [-0.1, -0.05) is 0 Å². The van der Waals surface area contributed by atoms with Crippen molar-refractivity contribution < 1.29 is 13.2 Å². The van der Waals surface area contributed by atoms with E-state index in [0.29, 0.717) is 6.54 Å². The Hall–Kier alpha value is -1.18. The highest BCUT2D eigenvalue weighted by Gasteiger charge is 2.35. The molecule has 1 aromatic heterocycles. The van der Waals surface area contributed by atoms with Crippen molar-refractivity contribution in [3.63, 3.8) is 0 Å². The van der Waals surface area contributed by atoms with Gasteiger partial charge in [0.05, 0.1) is 0 Å². The minimum atomic E-state index is -4.58. The molecule has 0 aliphatic rings. The zero-order valence-electron chi connectivity index (χ0n) is 9.45. The second-order valence-electron chi connectivity index (χ2n) is 3.39. The highest BCUT2D eigenvalue weighted by Crippen LogP contribution is 2.28. The SMILES string of the molecule is CSCCN(C)c1cc(N)nc(C(F)(F)F)n1. The summed E-state index contributed by atoms with van der Waals surface area (Å²) in [6, 6.07) is 1.33. The Balaban J connectivity index is 2.97. The van der Waals surface area contributed by atoms with Gasteiger partial charge in [-0.15, -0.1) is 0 Å². The maximum atomic E-state index is 12.5. The van der Waals surface area contributed by atoms with Gasteiger partial charge >= 0.3 is 6.18 Å². The predicted molar refractivity (Wildman–Crippen MR) is 63.1 cm³/mol. The van der Waals surface area contributed by atoms with Crippen LogP contribution in [0.3, 0.4) is 0 Å². The van der Waals surface area contributed by atoms with Gasteiger partial charge in [0.25, 0.3) is 0 Å². The number of hydrogen-bond acceptors (Lipinski definition) is 5. The van der Waals surface area contributed by atoms with Gasteiger partial charge in [0.15, 0.2) is 0 Å². The molecule has 0 saturated heterocycles. The smallest absolute Gasteiger partial charge is 0.384 e. The molecule has 1 aromatic rings. The molecule has 1 rings (SSSR count). The second-order valence-corrected chi connectivity index (χ2v) is 4.37. The van der Waals surface area contributed by atoms with E-state index in [9.17, 15) is 13.2 Å². The van der Waals surface area contributed by atoms with Crippen LogP contribution in [0.15, 0.2) is 6.07 Å². The van der Waals surface area contributed by atoms with E-state index in [4.69, 9.17) is 5.73 Å². The molecule has 0 aromatic carbocycles. The number of nitrogens with zero attached hydrogens (tertiary/aromatic N) is 3. The lowest BCUT2D eigenvalue weighted by Crippen LogP contribution is -2.23. The number of rotatable bonds is 4. The van der Waals surface area contributed by atoms with Crippen molar-refractivity contribution in [2.75, 3.05) is 36.2 Å². The molecule has 0 atom stereocenters. The first-order valence-corrected chi connectivity index (χ1v) is 6.16. The van der Waals surface area contributed by atoms with Crippen LogP contribution in [-0.4, -0.2) is 35.6 Å². The fraction of sp³-hybridized carbons (Fsp3) is 0.556. The maximum Gasteiger partial charge on any atom is 0.451 e. The van der Waals surface area contributed by atoms with E-state index in [1.54, 1.807) is 23.7 Å². The van der Waals surface area contributed by atoms with E-state index in [-0.39, 0.29) is 11.6 Å². The van der Waals surface area contributed by atoms with Crippen molar-refractivity contribution >= 4 is 23.4 Å². The van der Waals surface area contributed by atoms with Gasteiger partial charge in [0.1, 0.15) is 11.6 Å². The van der Waals surface area contributed by atoms with Crippen LogP contribution in [0.4, 0.5) is 24.8 Å². The van der Waals surface area contributed by atoms with Gasteiger partial charge in [0.2, 0.25) is 5.82 Å². The van der Waals surface area contributed by atoms with Crippen LogP contribution < -0.4 is 10.6 Å². The fourth-order valence-electron chi connectivity index (χ4n) is 1.12. The van der Waals surface area contributed by atoms with E-state index in [2.05, 4.69) is 9.97 Å². The van der Waals surface area contributed by atoms with Crippen molar-refractivity contribution in [1.29, 1.82) is 0 Å². The lowest BCUT2D eigenvalue weighted by atomic mass is 10.4. The van der Waals surface area contributed by atoms with Crippen molar-refractivity contribution in [2.45, 2.75) is 6.18 Å². The Morgan fingerprint density at radius 3 is 2.59 bits per heavy atom. The van der Waals surface area contributed by atoms with Crippen molar-refractivity contribution in [3.8, 4) is 0 Å². The fourth-order valence-corrected chi connectivity index (χ4v) is 1.57. The summed E-state index contributed by atoms with van der Waals surface area (Å²) in [6.07, 6.45) is -2.66. The zero-order chi connectivity index (χ0) is 13.1. The number of thioether (sulfide) groups is 1. The summed E-state index contributed by atoms with van der Waals surface area (Å²) in [7, 11) is 1.66. The number of nitrogens with two attached hydrogens (primary N) is 1. The molecule has 1 heterocycles. The first kappa shape index (κ1) is 13.9. The Kier molecular flexibility index (Phi) is 4.44. The van der Waals surface area contributed by atoms with Crippen LogP contribution in [0.2, 0.25) is 0 Å². The average molecular weight is 266 g/mol. The molecule has 0 radical (unpaired) electrons. The highest BCUT2D eigenvalue weighted by atomic mass is 32.2. The predicted octanol–water partition coefficient (Wildman–Crippen LogP) is 1.88. The molecule has 0 fully saturated rings. The van der Waals surface area contributed by atoms with Gasteiger partial charge in [0, 0.05) is 25.4 Å². The summed E-state index contributed by atoms with van der Waals surface area (Å²) < 4.78 is 37.4. The van der Waals surface area contributed by atoms with Crippen LogP contribution in [0.25, 0.3) is 0 Å². The van der Waals surface area contributed by atoms with Gasteiger partial charge < -0.3 is 10.6 Å². The van der Waals surface area contributed by atoms with Crippen molar-refractivity contribution in [3.05, 3.63) is 11.9 Å². The monoisotopic (exact) mass is 266 g/mol. The third-order valence-electron chi connectivity index (χ3n) is 2.01. The molecule has 4 nitrogen and oxygen atoms in total. The lowest BCUT2D eigenvalue weighted by Gasteiger charge is -2.18. The highest BCUT2D eigenvalue weighted by molar-refractivity contribution is 7.98. The molecule has 17 heavy (non-hydrogen) atoms. The summed E-state index contributed by atoms with van der Waals surface area (Å²) >= 11 is 1.60. The standard InChI is InChI=1S/C9H13F3N4S/c1-16(3-4-17-2)7-5-6(13)14-8(15-7)9(10,11)12/h5H,3-4H2,1-2H3,(H2,13,14,15). The molecule has 0 aliphatic heterocycles. The zero-order valence-corrected chi connectivity index (χ0v) is 10.3. The van der Waals surface area contributed by atoms with Gasteiger partial charge in [-0.05, 0) is 6.26 Å². The molecule has 8 heteroatoms. The summed E-state index contributed by atoms with van der Waals surface area (Å²) in [5.74, 6) is -0.414. The first-order chi connectivity index (χ1) is 7.84. The number of hydrogen-bond donors (Lipinski definition) is 1. The number of anilines is 2. The molecular formula is C9H13F3N4S. The maximum absolute atomic E-state index is 12.5. The third-order valence-corrected chi connectivity index (χ3v) is 2.60.